The molecule has 1 atom stereocenters. The van der Waals surface area contributed by atoms with Crippen molar-refractivity contribution < 1.29 is 14.0 Å². The molecule has 0 amide bonds. The van der Waals surface area contributed by atoms with E-state index in [1.807, 2.05) is 0 Å². The maximum atomic E-state index is 12.0. The third-order valence-corrected chi connectivity index (χ3v) is 7.05. The van der Waals surface area contributed by atoms with Gasteiger partial charge in [0, 0.05) is 6.16 Å². The highest BCUT2D eigenvalue weighted by Gasteiger charge is 2.17. The fourth-order valence-corrected chi connectivity index (χ4v) is 4.83. The monoisotopic (exact) mass is 418 g/mol. The molecular weight excluding hydrogens is 367 g/mol. The summed E-state index contributed by atoms with van der Waals surface area (Å²) in [6, 6.07) is 0. The Morgan fingerprint density at radius 2 is 0.857 bits per heavy atom. The summed E-state index contributed by atoms with van der Waals surface area (Å²) < 4.78 is 17.3. The van der Waals surface area contributed by atoms with Gasteiger partial charge in [-0.05, 0) is 12.8 Å². The molecular formula is C24H51O3P. The largest absolute Gasteiger partial charge is 0.328 e. The second kappa shape index (κ2) is 21.8. The zero-order valence-electron chi connectivity index (χ0n) is 19.3. The summed E-state index contributed by atoms with van der Waals surface area (Å²) in [7, 11) is -3.34. The van der Waals surface area contributed by atoms with E-state index in [-0.39, 0.29) is 0 Å². The van der Waals surface area contributed by atoms with Gasteiger partial charge in [-0.1, -0.05) is 129 Å². The molecule has 1 N–H and O–H groups in total. The van der Waals surface area contributed by atoms with Gasteiger partial charge >= 0.3 is 7.60 Å². The van der Waals surface area contributed by atoms with Crippen LogP contribution in [0.15, 0.2) is 0 Å². The third kappa shape index (κ3) is 22.4. The zero-order chi connectivity index (χ0) is 20.8. The second-order valence-electron chi connectivity index (χ2n) is 8.56. The molecule has 4 heteroatoms. The SMILES string of the molecule is CCCCCCCCCCCCOP(=O)(O)CCCCCCCCCCCC. The van der Waals surface area contributed by atoms with E-state index in [4.69, 9.17) is 4.52 Å². The highest BCUT2D eigenvalue weighted by atomic mass is 31.2. The van der Waals surface area contributed by atoms with Crippen molar-refractivity contribution in [2.24, 2.45) is 0 Å². The van der Waals surface area contributed by atoms with E-state index in [2.05, 4.69) is 13.8 Å². The lowest BCUT2D eigenvalue weighted by Crippen LogP contribution is -1.97. The minimum absolute atomic E-state index is 0.335. The quantitative estimate of drug-likeness (QED) is 0.133. The molecule has 0 fully saturated rings. The number of hydrogen-bond acceptors (Lipinski definition) is 2. The molecule has 0 saturated carbocycles. The van der Waals surface area contributed by atoms with Gasteiger partial charge in [0.25, 0.3) is 0 Å². The average molecular weight is 419 g/mol. The molecule has 0 spiro atoms. The maximum absolute atomic E-state index is 12.0. The van der Waals surface area contributed by atoms with Crippen LogP contribution in [0.1, 0.15) is 142 Å². The molecule has 0 aliphatic carbocycles. The molecule has 0 aliphatic rings. The molecule has 0 radical (unpaired) electrons. The molecule has 3 nitrogen and oxygen atoms in total. The fourth-order valence-electron chi connectivity index (χ4n) is 3.66. The fraction of sp³-hybridized carbons (Fsp3) is 1.00. The van der Waals surface area contributed by atoms with E-state index in [1.165, 1.54) is 103 Å². The number of hydrogen-bond donors (Lipinski definition) is 1. The van der Waals surface area contributed by atoms with Crippen LogP contribution in [0.3, 0.4) is 0 Å². The van der Waals surface area contributed by atoms with Crippen molar-refractivity contribution in [2.45, 2.75) is 142 Å². The number of unbranched alkanes of at least 4 members (excludes halogenated alkanes) is 18. The van der Waals surface area contributed by atoms with E-state index < -0.39 is 7.60 Å². The molecule has 28 heavy (non-hydrogen) atoms. The topological polar surface area (TPSA) is 46.5 Å². The van der Waals surface area contributed by atoms with Crippen molar-refractivity contribution in [1.82, 2.24) is 0 Å². The highest BCUT2D eigenvalue weighted by Crippen LogP contribution is 2.43. The van der Waals surface area contributed by atoms with Crippen LogP contribution in [0.5, 0.6) is 0 Å². The molecule has 0 aromatic heterocycles. The second-order valence-corrected chi connectivity index (χ2v) is 10.5. The summed E-state index contributed by atoms with van der Waals surface area (Å²) in [5, 5.41) is 0. The van der Waals surface area contributed by atoms with E-state index in [9.17, 15) is 9.46 Å². The summed E-state index contributed by atoms with van der Waals surface area (Å²) in [6.07, 6.45) is 25.4. The van der Waals surface area contributed by atoms with Gasteiger partial charge in [-0.3, -0.25) is 4.57 Å². The first-order chi connectivity index (χ1) is 13.6. The molecule has 0 heterocycles. The molecule has 0 saturated heterocycles. The van der Waals surface area contributed by atoms with Gasteiger partial charge in [-0.15, -0.1) is 0 Å². The third-order valence-electron chi connectivity index (χ3n) is 5.59. The Bertz CT molecular complexity index is 347. The van der Waals surface area contributed by atoms with Crippen LogP contribution in [0, 0.1) is 0 Å². The standard InChI is InChI=1S/C24H51O3P/c1-3-5-7-9-11-13-15-17-19-21-23-27-28(25,26)24-22-20-18-16-14-12-10-8-6-4-2/h3-24H2,1-2H3,(H,25,26). The molecule has 0 aromatic rings. The van der Waals surface area contributed by atoms with Crippen molar-refractivity contribution in [3.63, 3.8) is 0 Å². The average Bonchev–Trinajstić information content (AvgIpc) is 2.67. The lowest BCUT2D eigenvalue weighted by molar-refractivity contribution is 0.251. The van der Waals surface area contributed by atoms with Crippen LogP contribution in [-0.2, 0) is 9.09 Å². The van der Waals surface area contributed by atoms with E-state index in [1.54, 1.807) is 0 Å². The predicted octanol–water partition coefficient (Wildman–Crippen LogP) is 9.03. The summed E-state index contributed by atoms with van der Waals surface area (Å²) in [4.78, 5) is 9.91. The maximum Gasteiger partial charge on any atom is 0.328 e. The Morgan fingerprint density at radius 1 is 0.536 bits per heavy atom. The molecule has 170 valence electrons. The Morgan fingerprint density at radius 3 is 1.25 bits per heavy atom. The Labute approximate surface area is 177 Å². The van der Waals surface area contributed by atoms with E-state index in [0.717, 1.165) is 25.7 Å². The molecule has 0 aromatic carbocycles. The Balaban J connectivity index is 3.32. The Kier molecular flexibility index (Phi) is 22.0. The van der Waals surface area contributed by atoms with Gasteiger partial charge in [0.05, 0.1) is 6.61 Å². The Hall–Kier alpha value is 0.150. The van der Waals surface area contributed by atoms with Crippen LogP contribution in [-0.4, -0.2) is 17.7 Å². The normalized spacial score (nSPS) is 13.7. The lowest BCUT2D eigenvalue weighted by atomic mass is 10.1. The van der Waals surface area contributed by atoms with Crippen LogP contribution in [0.4, 0.5) is 0 Å². The highest BCUT2D eigenvalue weighted by molar-refractivity contribution is 7.52. The minimum atomic E-state index is -3.34. The molecule has 0 bridgehead atoms. The van der Waals surface area contributed by atoms with Crippen LogP contribution in [0.2, 0.25) is 0 Å². The molecule has 0 aliphatic heterocycles. The van der Waals surface area contributed by atoms with Gasteiger partial charge in [-0.2, -0.15) is 0 Å². The zero-order valence-corrected chi connectivity index (χ0v) is 20.2. The number of rotatable bonds is 23. The van der Waals surface area contributed by atoms with Gasteiger partial charge in [-0.25, -0.2) is 0 Å². The summed E-state index contributed by atoms with van der Waals surface area (Å²) in [5.74, 6) is 0. The van der Waals surface area contributed by atoms with Gasteiger partial charge < -0.3 is 9.42 Å². The molecule has 0 rings (SSSR count). The van der Waals surface area contributed by atoms with Crippen LogP contribution >= 0.6 is 7.60 Å². The van der Waals surface area contributed by atoms with Crippen molar-refractivity contribution in [3.8, 4) is 0 Å². The summed E-state index contributed by atoms with van der Waals surface area (Å²) in [6.45, 7) is 4.95. The van der Waals surface area contributed by atoms with E-state index in [0.29, 0.717) is 12.8 Å². The van der Waals surface area contributed by atoms with Gasteiger partial charge in [0.1, 0.15) is 0 Å². The van der Waals surface area contributed by atoms with Crippen molar-refractivity contribution in [3.05, 3.63) is 0 Å². The van der Waals surface area contributed by atoms with Crippen molar-refractivity contribution in [1.29, 1.82) is 0 Å². The van der Waals surface area contributed by atoms with Crippen LogP contribution in [0.25, 0.3) is 0 Å². The summed E-state index contributed by atoms with van der Waals surface area (Å²) >= 11 is 0. The first-order valence-corrected chi connectivity index (χ1v) is 14.3. The predicted molar refractivity (Wildman–Crippen MR) is 124 cm³/mol. The van der Waals surface area contributed by atoms with Crippen LogP contribution < -0.4 is 0 Å². The van der Waals surface area contributed by atoms with Gasteiger partial charge in [0.2, 0.25) is 0 Å². The minimum Gasteiger partial charge on any atom is -0.324 e. The smallest absolute Gasteiger partial charge is 0.324 e. The lowest BCUT2D eigenvalue weighted by Gasteiger charge is -2.12. The van der Waals surface area contributed by atoms with Crippen molar-refractivity contribution in [2.75, 3.05) is 12.8 Å². The van der Waals surface area contributed by atoms with Crippen molar-refractivity contribution >= 4 is 7.60 Å². The molecule has 1 unspecified atom stereocenters. The summed E-state index contributed by atoms with van der Waals surface area (Å²) in [5.41, 5.74) is 0. The first kappa shape index (κ1) is 28.1. The van der Waals surface area contributed by atoms with E-state index >= 15 is 0 Å². The van der Waals surface area contributed by atoms with Gasteiger partial charge in [0.15, 0.2) is 0 Å². The first-order valence-electron chi connectivity index (χ1n) is 12.6.